The molecule has 0 bridgehead atoms. The van der Waals surface area contributed by atoms with Crippen LogP contribution in [0.3, 0.4) is 0 Å². The molecule has 11 nitrogen and oxygen atoms in total. The second kappa shape index (κ2) is 19.8. The number of nitrogens with two attached hydrogens (primary N) is 1. The predicted octanol–water partition coefficient (Wildman–Crippen LogP) is 5.41. The Kier molecular flexibility index (Phi) is 15.3. The molecule has 1 atom stereocenters. The van der Waals surface area contributed by atoms with Gasteiger partial charge < -0.3 is 40.4 Å². The lowest BCUT2D eigenvalue weighted by Gasteiger charge is -2.18. The smallest absolute Gasteiger partial charge is 0.218 e. The van der Waals surface area contributed by atoms with E-state index in [-0.39, 0.29) is 32.3 Å². The molecule has 3 aromatic carbocycles. The maximum atomic E-state index is 11.0. The third-order valence-corrected chi connectivity index (χ3v) is 8.79. The fraction of sp³-hybridized carbons (Fsp3) is 0.342. The molecule has 1 unspecified atom stereocenters. The summed E-state index contributed by atoms with van der Waals surface area (Å²) >= 11 is 13.6. The first kappa shape index (κ1) is 39.4. The number of nitriles is 1. The summed E-state index contributed by atoms with van der Waals surface area (Å²) in [5, 5.41) is 32.2. The average Bonchev–Trinajstić information content (AvgIpc) is 3.12. The molecular formula is C38H43Cl2N5O6. The van der Waals surface area contributed by atoms with E-state index in [2.05, 4.69) is 16.4 Å². The van der Waals surface area contributed by atoms with Crippen molar-refractivity contribution in [2.24, 2.45) is 5.73 Å². The highest BCUT2D eigenvalue weighted by Gasteiger charge is 2.16. The van der Waals surface area contributed by atoms with E-state index in [1.165, 1.54) is 6.20 Å². The van der Waals surface area contributed by atoms with Gasteiger partial charge in [0.25, 0.3) is 0 Å². The molecule has 1 heterocycles. The van der Waals surface area contributed by atoms with Gasteiger partial charge in [-0.25, -0.2) is 0 Å². The number of nitrogens with one attached hydrogen (secondary N) is 1. The van der Waals surface area contributed by atoms with Crippen LogP contribution in [0.1, 0.15) is 40.7 Å². The van der Waals surface area contributed by atoms with Gasteiger partial charge in [0, 0.05) is 67.8 Å². The Morgan fingerprint density at radius 2 is 1.76 bits per heavy atom. The molecule has 0 fully saturated rings. The zero-order valence-electron chi connectivity index (χ0n) is 28.7. The van der Waals surface area contributed by atoms with Crippen LogP contribution in [0.5, 0.6) is 17.2 Å². The molecule has 5 N–H and O–H groups in total. The molecule has 1 aromatic heterocycles. The van der Waals surface area contributed by atoms with Gasteiger partial charge in [-0.05, 0) is 55.3 Å². The number of nitrogens with zero attached hydrogens (tertiary/aromatic N) is 3. The van der Waals surface area contributed by atoms with E-state index in [9.17, 15) is 20.3 Å². The van der Waals surface area contributed by atoms with Crippen LogP contribution >= 0.6 is 23.2 Å². The maximum Gasteiger partial charge on any atom is 0.218 e. The van der Waals surface area contributed by atoms with Crippen molar-refractivity contribution in [3.05, 3.63) is 105 Å². The van der Waals surface area contributed by atoms with E-state index in [4.69, 9.17) is 43.1 Å². The van der Waals surface area contributed by atoms with E-state index in [1.54, 1.807) is 24.4 Å². The number of rotatable bonds is 20. The molecule has 0 aliphatic rings. The number of hydrogen-bond donors (Lipinski definition) is 4. The summed E-state index contributed by atoms with van der Waals surface area (Å²) in [4.78, 5) is 17.2. The number of pyridine rings is 1. The standard InChI is InChI=1S/C38H43Cl2N5O6/c1-25-28(6-3-7-31(25)32-8-4-9-34(38(32)40)49-13-5-11-45(2)12-10-37(42)48)24-51-36-16-35(50-23-27-14-26(17-41)18-43-19-27)29(15-33(36)39)20-44-21-30(47)22-46/h3-4,6-9,14-16,18-19,30,44,46-47H,5,10-13,20-24H2,1-2H3,(H2,42,48). The predicted molar refractivity (Wildman–Crippen MR) is 197 cm³/mol. The minimum absolute atomic E-state index is 0.147. The maximum absolute atomic E-state index is 11.0. The highest BCUT2D eigenvalue weighted by Crippen LogP contribution is 2.38. The highest BCUT2D eigenvalue weighted by atomic mass is 35.5. The molecule has 13 heteroatoms. The molecule has 1 amide bonds. The van der Waals surface area contributed by atoms with Crippen LogP contribution in [0.15, 0.2) is 67.0 Å². The Labute approximate surface area is 308 Å². The molecule has 4 rings (SSSR count). The summed E-state index contributed by atoms with van der Waals surface area (Å²) in [7, 11) is 1.94. The number of ether oxygens (including phenoxy) is 3. The number of aromatic nitrogens is 1. The van der Waals surface area contributed by atoms with Crippen molar-refractivity contribution in [1.29, 1.82) is 5.26 Å². The number of aliphatic hydroxyl groups excluding tert-OH is 2. The third kappa shape index (κ3) is 11.8. The first-order valence-corrected chi connectivity index (χ1v) is 17.2. The lowest BCUT2D eigenvalue weighted by atomic mass is 9.96. The first-order chi connectivity index (χ1) is 24.6. The number of aliphatic hydroxyl groups is 2. The van der Waals surface area contributed by atoms with Gasteiger partial charge >= 0.3 is 0 Å². The van der Waals surface area contributed by atoms with Crippen molar-refractivity contribution in [1.82, 2.24) is 15.2 Å². The van der Waals surface area contributed by atoms with Gasteiger partial charge in [-0.15, -0.1) is 0 Å². The summed E-state index contributed by atoms with van der Waals surface area (Å²) in [5.41, 5.74) is 10.8. The van der Waals surface area contributed by atoms with Gasteiger partial charge in [0.15, 0.2) is 0 Å². The van der Waals surface area contributed by atoms with Crippen molar-refractivity contribution in [2.45, 2.75) is 45.6 Å². The zero-order chi connectivity index (χ0) is 36.8. The van der Waals surface area contributed by atoms with Gasteiger partial charge in [0.2, 0.25) is 5.91 Å². The fourth-order valence-electron chi connectivity index (χ4n) is 5.23. The minimum Gasteiger partial charge on any atom is -0.492 e. The topological polar surface area (TPSA) is 163 Å². The monoisotopic (exact) mass is 735 g/mol. The minimum atomic E-state index is -0.907. The molecule has 0 saturated carbocycles. The largest absolute Gasteiger partial charge is 0.492 e. The van der Waals surface area contributed by atoms with Gasteiger partial charge in [-0.3, -0.25) is 9.78 Å². The van der Waals surface area contributed by atoms with Crippen LogP contribution in [0, 0.1) is 18.3 Å². The van der Waals surface area contributed by atoms with Gasteiger partial charge in [0.1, 0.15) is 36.5 Å². The highest BCUT2D eigenvalue weighted by molar-refractivity contribution is 6.35. The van der Waals surface area contributed by atoms with Crippen molar-refractivity contribution >= 4 is 29.1 Å². The van der Waals surface area contributed by atoms with Crippen LogP contribution in [0.4, 0.5) is 0 Å². The quantitative estimate of drug-likeness (QED) is 0.0863. The Morgan fingerprint density at radius 1 is 1.00 bits per heavy atom. The zero-order valence-corrected chi connectivity index (χ0v) is 30.2. The Hall–Kier alpha value is -4.41. The second-order valence-electron chi connectivity index (χ2n) is 12.1. The Balaban J connectivity index is 1.48. The van der Waals surface area contributed by atoms with Crippen LogP contribution in [-0.2, 0) is 24.6 Å². The molecule has 51 heavy (non-hydrogen) atoms. The van der Waals surface area contributed by atoms with Gasteiger partial charge in [-0.1, -0.05) is 53.5 Å². The van der Waals surface area contributed by atoms with Gasteiger partial charge in [0.05, 0.1) is 34.9 Å². The van der Waals surface area contributed by atoms with Crippen molar-refractivity contribution in [3.63, 3.8) is 0 Å². The number of amides is 1. The number of hydrogen-bond acceptors (Lipinski definition) is 10. The van der Waals surface area contributed by atoms with E-state index in [1.807, 2.05) is 55.3 Å². The van der Waals surface area contributed by atoms with Crippen molar-refractivity contribution < 1.29 is 29.2 Å². The first-order valence-electron chi connectivity index (χ1n) is 16.5. The van der Waals surface area contributed by atoms with Crippen molar-refractivity contribution in [3.8, 4) is 34.4 Å². The van der Waals surface area contributed by atoms with E-state index >= 15 is 0 Å². The number of carbonyl (C=O) groups excluding carboxylic acids is 1. The SMILES string of the molecule is Cc1c(COc2cc(OCc3cncc(C#N)c3)c(CNCC(O)CO)cc2Cl)cccc1-c1cccc(OCCCN(C)CCC(N)=O)c1Cl. The Morgan fingerprint density at radius 3 is 2.53 bits per heavy atom. The summed E-state index contributed by atoms with van der Waals surface area (Å²) in [6.45, 7) is 4.31. The van der Waals surface area contributed by atoms with Crippen LogP contribution < -0.4 is 25.3 Å². The Bertz CT molecular complexity index is 1820. The average molecular weight is 737 g/mol. The lowest BCUT2D eigenvalue weighted by Crippen LogP contribution is -2.29. The van der Waals surface area contributed by atoms with E-state index < -0.39 is 6.10 Å². The molecular weight excluding hydrogens is 693 g/mol. The third-order valence-electron chi connectivity index (χ3n) is 8.10. The summed E-state index contributed by atoms with van der Waals surface area (Å²) in [6, 6.07) is 18.9. The van der Waals surface area contributed by atoms with Crippen LogP contribution in [-0.4, -0.2) is 72.0 Å². The van der Waals surface area contributed by atoms with Crippen molar-refractivity contribution in [2.75, 3.05) is 39.9 Å². The second-order valence-corrected chi connectivity index (χ2v) is 12.8. The molecule has 270 valence electrons. The van der Waals surface area contributed by atoms with Gasteiger partial charge in [-0.2, -0.15) is 5.26 Å². The summed E-state index contributed by atoms with van der Waals surface area (Å²) < 4.78 is 18.5. The summed E-state index contributed by atoms with van der Waals surface area (Å²) in [5.74, 6) is 1.17. The number of primary amides is 1. The molecule has 0 saturated heterocycles. The van der Waals surface area contributed by atoms with E-state index in [0.29, 0.717) is 70.1 Å². The number of carbonyl (C=O) groups is 1. The molecule has 0 aliphatic carbocycles. The van der Waals surface area contributed by atoms with E-state index in [0.717, 1.165) is 35.2 Å². The lowest BCUT2D eigenvalue weighted by molar-refractivity contribution is -0.118. The number of benzene rings is 3. The number of halogens is 2. The van der Waals surface area contributed by atoms with Crippen LogP contribution in [0.25, 0.3) is 11.1 Å². The molecule has 0 aliphatic heterocycles. The van der Waals surface area contributed by atoms with Crippen LogP contribution in [0.2, 0.25) is 10.0 Å². The fourth-order valence-corrected chi connectivity index (χ4v) is 5.76. The summed E-state index contributed by atoms with van der Waals surface area (Å²) in [6.07, 6.45) is 3.28. The normalized spacial score (nSPS) is 11.6. The molecule has 4 aromatic rings. The molecule has 0 radical (unpaired) electrons. The molecule has 0 spiro atoms.